The van der Waals surface area contributed by atoms with E-state index in [-0.39, 0.29) is 12.3 Å². The van der Waals surface area contributed by atoms with Gasteiger partial charge in [-0.25, -0.2) is 9.50 Å². The lowest BCUT2D eigenvalue weighted by atomic mass is 9.78. The van der Waals surface area contributed by atoms with E-state index in [0.717, 1.165) is 23.4 Å². The number of amides is 1. The quantitative estimate of drug-likeness (QED) is 0.542. The minimum Gasteiger partial charge on any atom is -0.358 e. The molecule has 9 heteroatoms. The number of carbonyl (C=O) groups is 1. The lowest BCUT2D eigenvalue weighted by Gasteiger charge is -2.35. The van der Waals surface area contributed by atoms with Crippen LogP contribution in [0.4, 0.5) is 0 Å². The van der Waals surface area contributed by atoms with Gasteiger partial charge in [0.2, 0.25) is 5.91 Å². The van der Waals surface area contributed by atoms with Crippen LogP contribution in [0.25, 0.3) is 5.78 Å². The number of thiocarbonyl (C=S) groups is 1. The van der Waals surface area contributed by atoms with Crippen molar-refractivity contribution in [3.63, 3.8) is 0 Å². The third-order valence-corrected chi connectivity index (χ3v) is 5.88. The zero-order valence-corrected chi connectivity index (χ0v) is 17.1. The van der Waals surface area contributed by atoms with Crippen LogP contribution in [0.3, 0.4) is 0 Å². The highest BCUT2D eigenvalue weighted by molar-refractivity contribution is 7.80. The van der Waals surface area contributed by atoms with Crippen LogP contribution in [-0.2, 0) is 11.2 Å². The van der Waals surface area contributed by atoms with E-state index in [0.29, 0.717) is 28.8 Å². The molecule has 1 aliphatic carbocycles. The first-order valence-corrected chi connectivity index (χ1v) is 9.78. The van der Waals surface area contributed by atoms with Crippen molar-refractivity contribution in [3.8, 4) is 0 Å². The highest BCUT2D eigenvalue weighted by Gasteiger charge is 2.27. The largest absolute Gasteiger partial charge is 0.358 e. The monoisotopic (exact) mass is 389 g/mol. The van der Waals surface area contributed by atoms with E-state index in [1.807, 2.05) is 13.8 Å². The van der Waals surface area contributed by atoms with Crippen LogP contribution in [0.1, 0.15) is 50.1 Å². The molecule has 0 unspecified atom stereocenters. The zero-order chi connectivity index (χ0) is 19.6. The Morgan fingerprint density at radius 3 is 2.85 bits per heavy atom. The summed E-state index contributed by atoms with van der Waals surface area (Å²) in [6.45, 7) is 8.31. The molecule has 8 nitrogen and oxygen atoms in total. The van der Waals surface area contributed by atoms with Crippen molar-refractivity contribution in [2.75, 3.05) is 0 Å². The predicted octanol–water partition coefficient (Wildman–Crippen LogP) is 1.60. The molecule has 0 saturated heterocycles. The number of hydrogen-bond acceptors (Lipinski definition) is 5. The van der Waals surface area contributed by atoms with Crippen molar-refractivity contribution < 1.29 is 4.79 Å². The van der Waals surface area contributed by atoms with Crippen molar-refractivity contribution in [1.82, 2.24) is 35.8 Å². The van der Waals surface area contributed by atoms with Gasteiger partial charge in [-0.15, -0.1) is 0 Å². The molecular weight excluding hydrogens is 362 g/mol. The Balaban J connectivity index is 1.55. The first-order valence-electron chi connectivity index (χ1n) is 9.38. The van der Waals surface area contributed by atoms with E-state index in [1.54, 1.807) is 4.52 Å². The topological polar surface area (TPSA) is 96.2 Å². The first kappa shape index (κ1) is 19.5. The molecule has 1 amide bonds. The average molecular weight is 390 g/mol. The summed E-state index contributed by atoms with van der Waals surface area (Å²) in [5.74, 6) is 1.59. The van der Waals surface area contributed by atoms with Gasteiger partial charge in [0.1, 0.15) is 6.33 Å². The van der Waals surface area contributed by atoms with Gasteiger partial charge < -0.3 is 5.32 Å². The minimum absolute atomic E-state index is 0.184. The fraction of sp³-hybridized carbons (Fsp3) is 0.611. The standard InChI is InChI=1S/C18H27N7OS/c1-10-6-5-7-15(11(10)2)22-18(27)24-23-16(26)8-14-12(3)21-17-19-9-20-25(17)13(14)4/h9-11,15H,5-8H2,1-4H3,(H,23,26)(H2,22,24,27)/t10-,11-,15+/m0/s1. The van der Waals surface area contributed by atoms with Crippen LogP contribution in [0.5, 0.6) is 0 Å². The van der Waals surface area contributed by atoms with Crippen LogP contribution in [0.2, 0.25) is 0 Å². The summed E-state index contributed by atoms with van der Waals surface area (Å²) < 4.78 is 1.64. The highest BCUT2D eigenvalue weighted by Crippen LogP contribution is 2.29. The second-order valence-electron chi connectivity index (χ2n) is 7.43. The SMILES string of the molecule is Cc1nc2ncnn2c(C)c1CC(=O)NNC(=S)N[C@@H]1CCC[C@H](C)[C@@H]1C. The van der Waals surface area contributed by atoms with Gasteiger partial charge in [-0.3, -0.25) is 15.6 Å². The van der Waals surface area contributed by atoms with Gasteiger partial charge in [-0.2, -0.15) is 10.1 Å². The van der Waals surface area contributed by atoms with Gasteiger partial charge in [-0.1, -0.05) is 26.7 Å². The summed E-state index contributed by atoms with van der Waals surface area (Å²) in [5.41, 5.74) is 7.96. The molecule has 1 fully saturated rings. The summed E-state index contributed by atoms with van der Waals surface area (Å²) in [6, 6.07) is 0.342. The van der Waals surface area contributed by atoms with Crippen molar-refractivity contribution in [1.29, 1.82) is 0 Å². The molecule has 1 saturated carbocycles. The summed E-state index contributed by atoms with van der Waals surface area (Å²) in [7, 11) is 0. The smallest absolute Gasteiger partial charge is 0.252 e. The number of aromatic nitrogens is 4. The van der Waals surface area contributed by atoms with Gasteiger partial charge >= 0.3 is 0 Å². The number of rotatable bonds is 3. The number of aryl methyl sites for hydroxylation is 2. The van der Waals surface area contributed by atoms with Gasteiger partial charge in [0.05, 0.1) is 6.42 Å². The van der Waals surface area contributed by atoms with Crippen LogP contribution in [0, 0.1) is 25.7 Å². The molecular formula is C18H27N7OS. The average Bonchev–Trinajstić information content (AvgIpc) is 3.09. The molecule has 3 rings (SSSR count). The van der Waals surface area contributed by atoms with Crippen molar-refractivity contribution in [2.24, 2.45) is 11.8 Å². The molecule has 2 aromatic rings. The highest BCUT2D eigenvalue weighted by atomic mass is 32.1. The number of fused-ring (bicyclic) bond motifs is 1. The van der Waals surface area contributed by atoms with Crippen LogP contribution >= 0.6 is 12.2 Å². The molecule has 146 valence electrons. The van der Waals surface area contributed by atoms with Crippen LogP contribution < -0.4 is 16.2 Å². The summed E-state index contributed by atoms with van der Waals surface area (Å²) in [6.07, 6.45) is 5.21. The Morgan fingerprint density at radius 2 is 2.07 bits per heavy atom. The number of carbonyl (C=O) groups excluding carboxylic acids is 1. The lowest BCUT2D eigenvalue weighted by molar-refractivity contribution is -0.121. The molecule has 2 aromatic heterocycles. The summed E-state index contributed by atoms with van der Waals surface area (Å²) >= 11 is 5.34. The van der Waals surface area contributed by atoms with E-state index in [9.17, 15) is 4.79 Å². The molecule has 27 heavy (non-hydrogen) atoms. The fourth-order valence-corrected chi connectivity index (χ4v) is 3.94. The Kier molecular flexibility index (Phi) is 5.88. The van der Waals surface area contributed by atoms with E-state index in [2.05, 4.69) is 45.1 Å². The number of hydrazine groups is 1. The van der Waals surface area contributed by atoms with Gasteiger partial charge in [0.25, 0.3) is 5.78 Å². The molecule has 2 heterocycles. The molecule has 3 N–H and O–H groups in total. The minimum atomic E-state index is -0.184. The number of nitrogens with zero attached hydrogens (tertiary/aromatic N) is 4. The van der Waals surface area contributed by atoms with Crippen LogP contribution in [0.15, 0.2) is 6.33 Å². The molecule has 1 aliphatic rings. The molecule has 0 radical (unpaired) electrons. The second-order valence-corrected chi connectivity index (χ2v) is 7.84. The van der Waals surface area contributed by atoms with Crippen molar-refractivity contribution in [2.45, 2.75) is 59.4 Å². The Labute approximate surface area is 164 Å². The molecule has 0 aliphatic heterocycles. The van der Waals surface area contributed by atoms with E-state index in [4.69, 9.17) is 12.2 Å². The van der Waals surface area contributed by atoms with Crippen molar-refractivity contribution in [3.05, 3.63) is 23.3 Å². The molecule has 0 bridgehead atoms. The zero-order valence-electron chi connectivity index (χ0n) is 16.2. The molecule has 3 atom stereocenters. The Morgan fingerprint density at radius 1 is 1.30 bits per heavy atom. The number of nitrogens with one attached hydrogen (secondary N) is 3. The number of hydrogen-bond donors (Lipinski definition) is 3. The third-order valence-electron chi connectivity index (χ3n) is 5.66. The second kappa shape index (κ2) is 8.16. The van der Waals surface area contributed by atoms with E-state index >= 15 is 0 Å². The fourth-order valence-electron chi connectivity index (χ4n) is 3.73. The van der Waals surface area contributed by atoms with Crippen LogP contribution in [-0.4, -0.2) is 36.6 Å². The van der Waals surface area contributed by atoms with E-state index in [1.165, 1.54) is 19.2 Å². The normalized spacial score (nSPS) is 22.4. The summed E-state index contributed by atoms with van der Waals surface area (Å²) in [4.78, 5) is 20.8. The molecule has 0 aromatic carbocycles. The van der Waals surface area contributed by atoms with Gasteiger partial charge in [0.15, 0.2) is 5.11 Å². The van der Waals surface area contributed by atoms with Gasteiger partial charge in [-0.05, 0) is 44.3 Å². The van der Waals surface area contributed by atoms with Crippen molar-refractivity contribution >= 4 is 29.0 Å². The maximum atomic E-state index is 12.4. The molecule has 0 spiro atoms. The maximum Gasteiger partial charge on any atom is 0.252 e. The first-order chi connectivity index (χ1) is 12.9. The third kappa shape index (κ3) is 4.35. The maximum absolute atomic E-state index is 12.4. The lowest BCUT2D eigenvalue weighted by Crippen LogP contribution is -2.52. The van der Waals surface area contributed by atoms with Gasteiger partial charge in [0, 0.05) is 23.0 Å². The van der Waals surface area contributed by atoms with E-state index < -0.39 is 0 Å². The predicted molar refractivity (Wildman–Crippen MR) is 107 cm³/mol. The Bertz CT molecular complexity index is 850. The Hall–Kier alpha value is -2.29. The summed E-state index contributed by atoms with van der Waals surface area (Å²) in [5, 5.41) is 7.93.